The Morgan fingerprint density at radius 2 is 0.981 bits per heavy atom. The topological polar surface area (TPSA) is 43.6 Å². The monoisotopic (exact) mass is 666 g/mol. The van der Waals surface area contributed by atoms with E-state index in [0.717, 1.165) is 27.9 Å². The highest BCUT2D eigenvalue weighted by atomic mass is 15.0. The van der Waals surface area contributed by atoms with Crippen LogP contribution in [0.25, 0.3) is 83.9 Å². The third-order valence-electron chi connectivity index (χ3n) is 10.7. The van der Waals surface area contributed by atoms with Gasteiger partial charge in [0.2, 0.25) is 0 Å². The summed E-state index contributed by atoms with van der Waals surface area (Å²) in [5.41, 5.74) is 13.9. The Kier molecular flexibility index (Phi) is 6.80. The van der Waals surface area contributed by atoms with Crippen molar-refractivity contribution in [3.8, 4) is 62.1 Å². The molecule has 246 valence electrons. The first-order chi connectivity index (χ1) is 25.5. The maximum atomic E-state index is 5.11. The SMILES string of the molecule is CC1(C)c2ccccc2-c2c1ccc1c2c2ccccc2n1-c1cccc(-c2nc(-c3ccccc3)nc(-c3ccc(-c4ccccc4)cc3)n2)c1. The number of para-hydroxylation sites is 1. The zero-order chi connectivity index (χ0) is 34.8. The largest absolute Gasteiger partial charge is 0.309 e. The lowest BCUT2D eigenvalue weighted by molar-refractivity contribution is 0.661. The lowest BCUT2D eigenvalue weighted by atomic mass is 9.82. The lowest BCUT2D eigenvalue weighted by Gasteiger charge is -2.21. The van der Waals surface area contributed by atoms with E-state index in [-0.39, 0.29) is 5.41 Å². The predicted molar refractivity (Wildman–Crippen MR) is 213 cm³/mol. The molecule has 2 aromatic heterocycles. The van der Waals surface area contributed by atoms with Crippen molar-refractivity contribution < 1.29 is 0 Å². The van der Waals surface area contributed by atoms with Crippen LogP contribution in [0.4, 0.5) is 0 Å². The third-order valence-corrected chi connectivity index (χ3v) is 10.7. The van der Waals surface area contributed by atoms with Crippen molar-refractivity contribution in [2.75, 3.05) is 0 Å². The molecule has 0 amide bonds. The molecule has 4 heteroatoms. The van der Waals surface area contributed by atoms with Crippen LogP contribution in [0.5, 0.6) is 0 Å². The number of hydrogen-bond donors (Lipinski definition) is 0. The first-order valence-corrected chi connectivity index (χ1v) is 17.8. The molecule has 0 saturated carbocycles. The summed E-state index contributed by atoms with van der Waals surface area (Å²) in [5.74, 6) is 1.92. The summed E-state index contributed by atoms with van der Waals surface area (Å²) in [7, 11) is 0. The van der Waals surface area contributed by atoms with E-state index in [1.807, 2.05) is 36.4 Å². The minimum absolute atomic E-state index is 0.0715. The predicted octanol–water partition coefficient (Wildman–Crippen LogP) is 11.9. The van der Waals surface area contributed by atoms with Gasteiger partial charge in [-0.15, -0.1) is 0 Å². The van der Waals surface area contributed by atoms with Crippen LogP contribution < -0.4 is 0 Å². The van der Waals surface area contributed by atoms with Crippen molar-refractivity contribution in [1.29, 1.82) is 0 Å². The Hall–Kier alpha value is -6.65. The molecule has 0 fully saturated rings. The van der Waals surface area contributed by atoms with Gasteiger partial charge in [-0.05, 0) is 57.6 Å². The number of aromatic nitrogens is 4. The van der Waals surface area contributed by atoms with Gasteiger partial charge in [0.1, 0.15) is 0 Å². The van der Waals surface area contributed by atoms with Crippen LogP contribution in [-0.4, -0.2) is 19.5 Å². The number of rotatable bonds is 5. The lowest BCUT2D eigenvalue weighted by Crippen LogP contribution is -2.14. The summed E-state index contributed by atoms with van der Waals surface area (Å²) >= 11 is 0. The van der Waals surface area contributed by atoms with Crippen LogP contribution in [0.1, 0.15) is 25.0 Å². The zero-order valence-electron chi connectivity index (χ0n) is 29.0. The summed E-state index contributed by atoms with van der Waals surface area (Å²) in [6, 6.07) is 60.0. The fourth-order valence-electron chi connectivity index (χ4n) is 8.11. The second-order valence-corrected chi connectivity index (χ2v) is 14.1. The van der Waals surface area contributed by atoms with Crippen molar-refractivity contribution in [2.24, 2.45) is 0 Å². The Labute approximate surface area is 302 Å². The van der Waals surface area contributed by atoms with Gasteiger partial charge in [-0.2, -0.15) is 0 Å². The average Bonchev–Trinajstić information content (AvgIpc) is 3.67. The summed E-state index contributed by atoms with van der Waals surface area (Å²) in [4.78, 5) is 15.2. The first-order valence-electron chi connectivity index (χ1n) is 17.8. The van der Waals surface area contributed by atoms with Gasteiger partial charge in [0.15, 0.2) is 17.5 Å². The van der Waals surface area contributed by atoms with Gasteiger partial charge in [0.05, 0.1) is 11.0 Å². The molecule has 0 N–H and O–H groups in total. The molecule has 0 atom stereocenters. The van der Waals surface area contributed by atoms with Crippen LogP contribution in [0.15, 0.2) is 170 Å². The summed E-state index contributed by atoms with van der Waals surface area (Å²) in [6.07, 6.45) is 0. The van der Waals surface area contributed by atoms with Crippen molar-refractivity contribution in [3.63, 3.8) is 0 Å². The number of hydrogen-bond acceptors (Lipinski definition) is 3. The smallest absolute Gasteiger partial charge is 0.164 e. The molecule has 1 aliphatic carbocycles. The van der Waals surface area contributed by atoms with Crippen LogP contribution in [0.2, 0.25) is 0 Å². The molecular weight excluding hydrogens is 633 g/mol. The van der Waals surface area contributed by atoms with Gasteiger partial charge >= 0.3 is 0 Å². The molecular formula is C48H34N4. The Bertz CT molecular complexity index is 2800. The van der Waals surface area contributed by atoms with Crippen molar-refractivity contribution >= 4 is 21.8 Å². The van der Waals surface area contributed by atoms with Crippen molar-refractivity contribution in [3.05, 3.63) is 181 Å². The molecule has 0 aliphatic heterocycles. The van der Waals surface area contributed by atoms with Crippen molar-refractivity contribution in [1.82, 2.24) is 19.5 Å². The van der Waals surface area contributed by atoms with E-state index < -0.39 is 0 Å². The summed E-state index contributed by atoms with van der Waals surface area (Å²) in [5, 5.41) is 2.55. The molecule has 7 aromatic carbocycles. The molecule has 9 aromatic rings. The third kappa shape index (κ3) is 4.72. The van der Waals surface area contributed by atoms with E-state index in [2.05, 4.69) is 152 Å². The fourth-order valence-corrected chi connectivity index (χ4v) is 8.11. The van der Waals surface area contributed by atoms with Gasteiger partial charge in [0, 0.05) is 38.6 Å². The normalized spacial score (nSPS) is 13.0. The quantitative estimate of drug-likeness (QED) is 0.184. The van der Waals surface area contributed by atoms with Gasteiger partial charge in [-0.25, -0.2) is 15.0 Å². The van der Waals surface area contributed by atoms with Gasteiger partial charge in [-0.3, -0.25) is 0 Å². The van der Waals surface area contributed by atoms with Gasteiger partial charge in [-0.1, -0.05) is 159 Å². The zero-order valence-corrected chi connectivity index (χ0v) is 29.0. The highest BCUT2D eigenvalue weighted by Crippen LogP contribution is 2.53. The molecule has 4 nitrogen and oxygen atoms in total. The number of nitrogens with zero attached hydrogens (tertiary/aromatic N) is 4. The molecule has 1 aliphatic rings. The minimum Gasteiger partial charge on any atom is -0.309 e. The Morgan fingerprint density at radius 3 is 1.73 bits per heavy atom. The van der Waals surface area contributed by atoms with E-state index in [4.69, 9.17) is 15.0 Å². The van der Waals surface area contributed by atoms with Crippen LogP contribution in [0.3, 0.4) is 0 Å². The van der Waals surface area contributed by atoms with E-state index >= 15 is 0 Å². The maximum absolute atomic E-state index is 5.11. The van der Waals surface area contributed by atoms with Crippen LogP contribution in [-0.2, 0) is 5.41 Å². The minimum atomic E-state index is -0.0715. The molecule has 10 rings (SSSR count). The van der Waals surface area contributed by atoms with Crippen LogP contribution >= 0.6 is 0 Å². The molecule has 0 saturated heterocycles. The maximum Gasteiger partial charge on any atom is 0.164 e. The average molecular weight is 667 g/mol. The Morgan fingerprint density at radius 1 is 0.423 bits per heavy atom. The second kappa shape index (κ2) is 11.7. The first kappa shape index (κ1) is 30.2. The van der Waals surface area contributed by atoms with Gasteiger partial charge < -0.3 is 4.57 Å². The molecule has 0 radical (unpaired) electrons. The highest BCUT2D eigenvalue weighted by Gasteiger charge is 2.37. The standard InChI is InChI=1S/C48H34N4/c1-48(2)39-22-11-9-20-37(39)43-40(48)28-29-42-44(43)38-21-10-12-23-41(38)52(42)36-19-13-18-35(30-36)47-50-45(33-16-7-4-8-17-33)49-46(51-47)34-26-24-32(25-27-34)31-14-5-3-6-15-31/h3-30H,1-2H3. The molecule has 0 bridgehead atoms. The van der Waals surface area contributed by atoms with Crippen LogP contribution in [0, 0.1) is 0 Å². The van der Waals surface area contributed by atoms with E-state index in [0.29, 0.717) is 17.5 Å². The molecule has 2 heterocycles. The Balaban J connectivity index is 1.15. The summed E-state index contributed by atoms with van der Waals surface area (Å²) < 4.78 is 2.39. The fraction of sp³-hybridized carbons (Fsp3) is 0.0625. The van der Waals surface area contributed by atoms with Crippen molar-refractivity contribution in [2.45, 2.75) is 19.3 Å². The van der Waals surface area contributed by atoms with Gasteiger partial charge in [0.25, 0.3) is 0 Å². The van der Waals surface area contributed by atoms with E-state index in [1.54, 1.807) is 0 Å². The van der Waals surface area contributed by atoms with E-state index in [1.165, 1.54) is 49.6 Å². The molecule has 0 unspecified atom stereocenters. The molecule has 52 heavy (non-hydrogen) atoms. The number of fused-ring (bicyclic) bond motifs is 7. The summed E-state index contributed by atoms with van der Waals surface area (Å²) in [6.45, 7) is 4.69. The number of benzene rings is 7. The molecule has 0 spiro atoms. The second-order valence-electron chi connectivity index (χ2n) is 14.1. The van der Waals surface area contributed by atoms with E-state index in [9.17, 15) is 0 Å². The highest BCUT2D eigenvalue weighted by molar-refractivity contribution is 6.17.